The van der Waals surface area contributed by atoms with Crippen LogP contribution in [0.5, 0.6) is 0 Å². The van der Waals surface area contributed by atoms with Gasteiger partial charge < -0.3 is 0 Å². The molecule has 4 rings (SSSR count). The van der Waals surface area contributed by atoms with Gasteiger partial charge in [-0.3, -0.25) is 18.5 Å². The van der Waals surface area contributed by atoms with Crippen LogP contribution in [0.4, 0.5) is 5.95 Å². The molecule has 3 aromatic rings. The van der Waals surface area contributed by atoms with Crippen molar-refractivity contribution in [3.8, 4) is 0 Å². The topological polar surface area (TPSA) is 77.4 Å². The first-order valence-corrected chi connectivity index (χ1v) is 9.50. The van der Waals surface area contributed by atoms with E-state index in [9.17, 15) is 9.59 Å². The van der Waals surface area contributed by atoms with Crippen molar-refractivity contribution >= 4 is 34.4 Å². The number of hydrogen-bond donors (Lipinski definition) is 0. The fourth-order valence-corrected chi connectivity index (χ4v) is 3.75. The van der Waals surface area contributed by atoms with E-state index < -0.39 is 0 Å². The molecule has 1 aliphatic heterocycles. The Labute approximate surface area is 166 Å². The van der Waals surface area contributed by atoms with Crippen LogP contribution in [0.15, 0.2) is 39.0 Å². The van der Waals surface area contributed by atoms with E-state index in [1.165, 1.54) is 9.13 Å². The number of benzene rings is 1. The standard InChI is InChI=1S/C19H21ClN6O2/c1-5-24-17(27)15-16(23(4)19(24)28)21-18-25(22-11(2)12(3)26(15)18)10-13-8-6-7-9-14(13)20/h6-9,12H,5,10H2,1-4H3/t12-/m0/s1. The van der Waals surface area contributed by atoms with Crippen LogP contribution >= 0.6 is 11.6 Å². The molecule has 0 amide bonds. The summed E-state index contributed by atoms with van der Waals surface area (Å²) in [6.45, 7) is 6.37. The molecule has 146 valence electrons. The van der Waals surface area contributed by atoms with Crippen LogP contribution in [-0.2, 0) is 20.1 Å². The predicted molar refractivity (Wildman–Crippen MR) is 110 cm³/mol. The lowest BCUT2D eigenvalue weighted by molar-refractivity contribution is 0.618. The molecule has 0 spiro atoms. The van der Waals surface area contributed by atoms with E-state index in [0.29, 0.717) is 35.2 Å². The van der Waals surface area contributed by atoms with Crippen molar-refractivity contribution < 1.29 is 0 Å². The van der Waals surface area contributed by atoms with Gasteiger partial charge in [0.1, 0.15) is 0 Å². The zero-order valence-corrected chi connectivity index (χ0v) is 16.9. The average molecular weight is 401 g/mol. The molecule has 0 aliphatic carbocycles. The zero-order chi connectivity index (χ0) is 20.2. The molecule has 8 nitrogen and oxygen atoms in total. The Morgan fingerprint density at radius 2 is 1.93 bits per heavy atom. The van der Waals surface area contributed by atoms with Crippen molar-refractivity contribution in [3.05, 3.63) is 55.7 Å². The minimum absolute atomic E-state index is 0.155. The fourth-order valence-electron chi connectivity index (χ4n) is 3.56. The van der Waals surface area contributed by atoms with Gasteiger partial charge in [0, 0.05) is 18.6 Å². The summed E-state index contributed by atoms with van der Waals surface area (Å²) in [6, 6.07) is 7.39. The molecule has 0 saturated carbocycles. The van der Waals surface area contributed by atoms with Crippen LogP contribution in [0, 0.1) is 0 Å². The molecule has 0 N–H and O–H groups in total. The Hall–Kier alpha value is -2.87. The molecular formula is C19H21ClN6O2. The first kappa shape index (κ1) is 18.5. The van der Waals surface area contributed by atoms with Crippen LogP contribution in [0.25, 0.3) is 11.2 Å². The average Bonchev–Trinajstić information content (AvgIpc) is 3.08. The van der Waals surface area contributed by atoms with E-state index in [2.05, 4.69) is 10.1 Å². The number of nitrogens with zero attached hydrogens (tertiary/aromatic N) is 6. The summed E-state index contributed by atoms with van der Waals surface area (Å²) in [5, 5.41) is 7.04. The molecule has 1 aromatic carbocycles. The van der Waals surface area contributed by atoms with Crippen LogP contribution < -0.4 is 16.3 Å². The molecule has 3 heterocycles. The first-order chi connectivity index (χ1) is 13.3. The second-order valence-corrected chi connectivity index (χ2v) is 7.32. The molecule has 0 saturated heterocycles. The lowest BCUT2D eigenvalue weighted by Crippen LogP contribution is -2.40. The summed E-state index contributed by atoms with van der Waals surface area (Å²) in [5.74, 6) is 0.522. The second-order valence-electron chi connectivity index (χ2n) is 6.91. The van der Waals surface area contributed by atoms with Crippen LogP contribution in [0.1, 0.15) is 32.4 Å². The molecule has 0 fully saturated rings. The third-order valence-electron chi connectivity index (χ3n) is 5.25. The molecule has 1 atom stereocenters. The van der Waals surface area contributed by atoms with Crippen LogP contribution in [0.3, 0.4) is 0 Å². The number of aromatic nitrogens is 4. The van der Waals surface area contributed by atoms with Gasteiger partial charge in [0.15, 0.2) is 11.2 Å². The minimum Gasteiger partial charge on any atom is -0.294 e. The van der Waals surface area contributed by atoms with Gasteiger partial charge in [-0.05, 0) is 32.4 Å². The van der Waals surface area contributed by atoms with Crippen molar-refractivity contribution in [2.75, 3.05) is 5.01 Å². The van der Waals surface area contributed by atoms with Crippen molar-refractivity contribution in [2.24, 2.45) is 12.1 Å². The highest BCUT2D eigenvalue weighted by Crippen LogP contribution is 2.31. The highest BCUT2D eigenvalue weighted by Gasteiger charge is 2.30. The smallest absolute Gasteiger partial charge is 0.294 e. The molecule has 2 aromatic heterocycles. The molecule has 1 aliphatic rings. The summed E-state index contributed by atoms with van der Waals surface area (Å²) in [5.41, 5.74) is 1.79. The Kier molecular flexibility index (Phi) is 4.38. The number of halogens is 1. The number of anilines is 1. The normalized spacial score (nSPS) is 16.4. The second kappa shape index (κ2) is 6.63. The highest BCUT2D eigenvalue weighted by atomic mass is 35.5. The molecule has 0 bridgehead atoms. The van der Waals surface area contributed by atoms with Crippen molar-refractivity contribution in [1.29, 1.82) is 0 Å². The van der Waals surface area contributed by atoms with Gasteiger partial charge >= 0.3 is 5.69 Å². The third kappa shape index (κ3) is 2.59. The molecular weight excluding hydrogens is 380 g/mol. The minimum atomic E-state index is -0.376. The maximum absolute atomic E-state index is 13.0. The van der Waals surface area contributed by atoms with Gasteiger partial charge in [-0.15, -0.1) is 0 Å². The quantitative estimate of drug-likeness (QED) is 0.676. The summed E-state index contributed by atoms with van der Waals surface area (Å²) >= 11 is 6.32. The number of fused-ring (bicyclic) bond motifs is 3. The SMILES string of the molecule is CCn1c(=O)c2c(nc3n2[C@@H](C)C(C)=NN3Cc2ccccc2Cl)n(C)c1=O. The number of imidazole rings is 1. The van der Waals surface area contributed by atoms with Gasteiger partial charge in [-0.25, -0.2) is 9.80 Å². The highest BCUT2D eigenvalue weighted by molar-refractivity contribution is 6.31. The molecule has 0 unspecified atom stereocenters. The van der Waals surface area contributed by atoms with Gasteiger partial charge in [0.05, 0.1) is 18.3 Å². The summed E-state index contributed by atoms with van der Waals surface area (Å²) in [4.78, 5) is 30.2. The number of rotatable bonds is 3. The molecule has 0 radical (unpaired) electrons. The summed E-state index contributed by atoms with van der Waals surface area (Å²) in [7, 11) is 1.63. The Morgan fingerprint density at radius 1 is 1.21 bits per heavy atom. The lowest BCUT2D eigenvalue weighted by atomic mass is 10.2. The van der Waals surface area contributed by atoms with Gasteiger partial charge in [0.2, 0.25) is 5.95 Å². The third-order valence-corrected chi connectivity index (χ3v) is 5.62. The van der Waals surface area contributed by atoms with Crippen LogP contribution in [-0.4, -0.2) is 24.4 Å². The van der Waals surface area contributed by atoms with Gasteiger partial charge in [0.25, 0.3) is 5.56 Å². The van der Waals surface area contributed by atoms with E-state index >= 15 is 0 Å². The maximum atomic E-state index is 13.0. The monoisotopic (exact) mass is 400 g/mol. The first-order valence-electron chi connectivity index (χ1n) is 9.13. The van der Waals surface area contributed by atoms with Gasteiger partial charge in [-0.2, -0.15) is 10.1 Å². The Morgan fingerprint density at radius 3 is 2.61 bits per heavy atom. The molecule has 9 heteroatoms. The number of hydrazone groups is 1. The van der Waals surface area contributed by atoms with Crippen molar-refractivity contribution in [2.45, 2.75) is 39.9 Å². The summed E-state index contributed by atoms with van der Waals surface area (Å²) < 4.78 is 4.51. The van der Waals surface area contributed by atoms with Crippen molar-refractivity contribution in [1.82, 2.24) is 18.7 Å². The predicted octanol–water partition coefficient (Wildman–Crippen LogP) is 2.53. The van der Waals surface area contributed by atoms with E-state index in [0.717, 1.165) is 11.3 Å². The van der Waals surface area contributed by atoms with Crippen molar-refractivity contribution in [3.63, 3.8) is 0 Å². The van der Waals surface area contributed by atoms with E-state index in [4.69, 9.17) is 11.6 Å². The lowest BCUT2D eigenvalue weighted by Gasteiger charge is -2.29. The van der Waals surface area contributed by atoms with E-state index in [-0.39, 0.29) is 17.3 Å². The Bertz CT molecular complexity index is 1240. The van der Waals surface area contributed by atoms with E-state index in [1.807, 2.05) is 42.7 Å². The van der Waals surface area contributed by atoms with E-state index in [1.54, 1.807) is 19.0 Å². The summed E-state index contributed by atoms with van der Waals surface area (Å²) in [6.07, 6.45) is 0. The number of hydrogen-bond acceptors (Lipinski definition) is 5. The maximum Gasteiger partial charge on any atom is 0.332 e. The Balaban J connectivity index is 1.99. The largest absolute Gasteiger partial charge is 0.332 e. The van der Waals surface area contributed by atoms with Crippen LogP contribution in [0.2, 0.25) is 5.02 Å². The number of aryl methyl sites for hydroxylation is 1. The fraction of sp³-hybridized carbons (Fsp3) is 0.368. The molecule has 28 heavy (non-hydrogen) atoms. The zero-order valence-electron chi connectivity index (χ0n) is 16.2. The van der Waals surface area contributed by atoms with Gasteiger partial charge in [-0.1, -0.05) is 29.8 Å².